The third kappa shape index (κ3) is 4.23. The van der Waals surface area contributed by atoms with E-state index in [-0.39, 0.29) is 35.4 Å². The summed E-state index contributed by atoms with van der Waals surface area (Å²) in [5.41, 5.74) is 6.82. The highest BCUT2D eigenvalue weighted by molar-refractivity contribution is 5.91. The number of carbonyl (C=O) groups is 2. The summed E-state index contributed by atoms with van der Waals surface area (Å²) in [6, 6.07) is 9.01. The highest BCUT2D eigenvalue weighted by Gasteiger charge is 2.33. The lowest BCUT2D eigenvalue weighted by atomic mass is 9.94. The van der Waals surface area contributed by atoms with Gasteiger partial charge in [0.1, 0.15) is 5.82 Å². The first-order valence-electron chi connectivity index (χ1n) is 7.98. The summed E-state index contributed by atoms with van der Waals surface area (Å²) in [5.74, 6) is -0.882. The molecule has 2 aromatic rings. The minimum atomic E-state index is -0.328. The van der Waals surface area contributed by atoms with Crippen LogP contribution in [0.15, 0.2) is 47.1 Å². The molecule has 2 unspecified atom stereocenters. The summed E-state index contributed by atoms with van der Waals surface area (Å²) in [6.07, 6.45) is 1.42. The molecular weight excluding hydrogens is 327 g/mol. The van der Waals surface area contributed by atoms with Crippen molar-refractivity contribution in [3.8, 4) is 0 Å². The summed E-state index contributed by atoms with van der Waals surface area (Å²) < 4.78 is 18.0. The lowest BCUT2D eigenvalue weighted by molar-refractivity contribution is -0.124. The maximum atomic E-state index is 13.0. The Balaban J connectivity index is 1.47. The summed E-state index contributed by atoms with van der Waals surface area (Å²) in [4.78, 5) is 24.1. The van der Waals surface area contributed by atoms with Gasteiger partial charge in [-0.15, -0.1) is 0 Å². The number of hydrogen-bond acceptors (Lipinski definition) is 5. The van der Waals surface area contributed by atoms with Crippen LogP contribution < -0.4 is 21.5 Å². The van der Waals surface area contributed by atoms with Crippen molar-refractivity contribution < 1.29 is 18.4 Å². The van der Waals surface area contributed by atoms with E-state index in [2.05, 4.69) is 21.5 Å². The number of furan rings is 1. The largest absolute Gasteiger partial charge is 0.459 e. The van der Waals surface area contributed by atoms with Gasteiger partial charge < -0.3 is 15.1 Å². The topological polar surface area (TPSA) is 95.4 Å². The van der Waals surface area contributed by atoms with Gasteiger partial charge in [0.2, 0.25) is 5.91 Å². The van der Waals surface area contributed by atoms with Gasteiger partial charge >= 0.3 is 0 Å². The van der Waals surface area contributed by atoms with Gasteiger partial charge in [-0.3, -0.25) is 15.0 Å². The summed E-state index contributed by atoms with van der Waals surface area (Å²) in [6.45, 7) is 1.06. The predicted octanol–water partition coefficient (Wildman–Crippen LogP) is 0.730. The van der Waals surface area contributed by atoms with E-state index >= 15 is 0 Å². The van der Waals surface area contributed by atoms with E-state index in [0.29, 0.717) is 19.6 Å². The number of carbonyl (C=O) groups excluding carboxylic acids is 2. The molecule has 2 heterocycles. The summed E-state index contributed by atoms with van der Waals surface area (Å²) in [5, 5.41) is 5.46. The van der Waals surface area contributed by atoms with Crippen molar-refractivity contribution in [3.63, 3.8) is 0 Å². The first kappa shape index (κ1) is 17.1. The number of amides is 2. The van der Waals surface area contributed by atoms with Crippen LogP contribution in [-0.2, 0) is 4.79 Å². The molecule has 1 aromatic carbocycles. The first-order chi connectivity index (χ1) is 12.1. The smallest absolute Gasteiger partial charge is 0.287 e. The molecule has 3 rings (SSSR count). The summed E-state index contributed by atoms with van der Waals surface area (Å²) >= 11 is 0. The number of rotatable bonds is 6. The second kappa shape index (κ2) is 7.91. The van der Waals surface area contributed by atoms with Crippen LogP contribution in [0.25, 0.3) is 0 Å². The van der Waals surface area contributed by atoms with E-state index in [1.165, 1.54) is 18.4 Å². The van der Waals surface area contributed by atoms with Crippen LogP contribution in [0.4, 0.5) is 4.39 Å². The number of benzene rings is 1. The molecule has 0 saturated carbocycles. The van der Waals surface area contributed by atoms with Crippen LogP contribution >= 0.6 is 0 Å². The SMILES string of the molecule is O=C(NCCNC(=O)C1CNNC1c1ccc(F)cc1)c1ccco1. The summed E-state index contributed by atoms with van der Waals surface area (Å²) in [7, 11) is 0. The molecule has 132 valence electrons. The zero-order chi connectivity index (χ0) is 17.6. The second-order valence-corrected chi connectivity index (χ2v) is 5.69. The van der Waals surface area contributed by atoms with Crippen LogP contribution in [0.1, 0.15) is 22.2 Å². The highest BCUT2D eigenvalue weighted by Crippen LogP contribution is 2.25. The molecule has 2 amide bonds. The molecule has 4 N–H and O–H groups in total. The Hall–Kier alpha value is -2.71. The fraction of sp³-hybridized carbons (Fsp3) is 0.294. The molecule has 0 bridgehead atoms. The van der Waals surface area contributed by atoms with Gasteiger partial charge in [-0.1, -0.05) is 12.1 Å². The molecule has 0 spiro atoms. The Labute approximate surface area is 143 Å². The number of halogens is 1. The van der Waals surface area contributed by atoms with Gasteiger partial charge in [-0.2, -0.15) is 0 Å². The zero-order valence-corrected chi connectivity index (χ0v) is 13.4. The highest BCUT2D eigenvalue weighted by atomic mass is 19.1. The Morgan fingerprint density at radius 1 is 1.16 bits per heavy atom. The normalized spacial score (nSPS) is 19.6. The number of hydrogen-bond donors (Lipinski definition) is 4. The fourth-order valence-electron chi connectivity index (χ4n) is 2.71. The molecule has 7 nitrogen and oxygen atoms in total. The molecule has 8 heteroatoms. The van der Waals surface area contributed by atoms with Gasteiger partial charge in [0.05, 0.1) is 18.2 Å². The van der Waals surface area contributed by atoms with E-state index in [9.17, 15) is 14.0 Å². The standard InChI is InChI=1S/C17H19FN4O3/c18-12-5-3-11(4-6-12)15-13(10-21-22-15)16(23)19-7-8-20-17(24)14-2-1-9-25-14/h1-6,9,13,15,21-22H,7-8,10H2,(H,19,23)(H,20,24). The molecule has 1 aliphatic rings. The third-order valence-electron chi connectivity index (χ3n) is 4.00. The fourth-order valence-corrected chi connectivity index (χ4v) is 2.71. The van der Waals surface area contributed by atoms with Crippen molar-refractivity contribution in [1.29, 1.82) is 0 Å². The van der Waals surface area contributed by atoms with E-state index in [0.717, 1.165) is 5.56 Å². The minimum Gasteiger partial charge on any atom is -0.459 e. The molecule has 0 aliphatic carbocycles. The predicted molar refractivity (Wildman–Crippen MR) is 87.8 cm³/mol. The number of hydrazine groups is 1. The van der Waals surface area contributed by atoms with Gasteiger partial charge in [0, 0.05) is 19.6 Å². The van der Waals surface area contributed by atoms with E-state index < -0.39 is 0 Å². The molecule has 1 aromatic heterocycles. The molecule has 25 heavy (non-hydrogen) atoms. The van der Waals surface area contributed by atoms with Crippen molar-refractivity contribution in [3.05, 3.63) is 59.8 Å². The van der Waals surface area contributed by atoms with Crippen LogP contribution in [-0.4, -0.2) is 31.4 Å². The van der Waals surface area contributed by atoms with Crippen LogP contribution in [0.2, 0.25) is 0 Å². The molecule has 2 atom stereocenters. The second-order valence-electron chi connectivity index (χ2n) is 5.69. The number of nitrogens with one attached hydrogen (secondary N) is 4. The quantitative estimate of drug-likeness (QED) is 0.579. The maximum Gasteiger partial charge on any atom is 0.287 e. The van der Waals surface area contributed by atoms with Crippen molar-refractivity contribution in [2.24, 2.45) is 5.92 Å². The molecule has 1 aliphatic heterocycles. The first-order valence-corrected chi connectivity index (χ1v) is 7.98. The third-order valence-corrected chi connectivity index (χ3v) is 4.00. The van der Waals surface area contributed by atoms with Crippen molar-refractivity contribution in [2.45, 2.75) is 6.04 Å². The minimum absolute atomic E-state index is 0.140. The van der Waals surface area contributed by atoms with Crippen molar-refractivity contribution in [1.82, 2.24) is 21.5 Å². The van der Waals surface area contributed by atoms with Crippen LogP contribution in [0, 0.1) is 11.7 Å². The van der Waals surface area contributed by atoms with Gasteiger partial charge in [-0.25, -0.2) is 9.82 Å². The molecule has 1 saturated heterocycles. The average molecular weight is 346 g/mol. The van der Waals surface area contributed by atoms with Crippen LogP contribution in [0.5, 0.6) is 0 Å². The van der Waals surface area contributed by atoms with Crippen molar-refractivity contribution in [2.75, 3.05) is 19.6 Å². The Morgan fingerprint density at radius 2 is 1.92 bits per heavy atom. The van der Waals surface area contributed by atoms with Gasteiger partial charge in [-0.05, 0) is 29.8 Å². The molecular formula is C17H19FN4O3. The monoisotopic (exact) mass is 346 g/mol. The van der Waals surface area contributed by atoms with E-state index in [1.807, 2.05) is 0 Å². The van der Waals surface area contributed by atoms with Crippen LogP contribution in [0.3, 0.4) is 0 Å². The Kier molecular flexibility index (Phi) is 5.42. The Morgan fingerprint density at radius 3 is 2.64 bits per heavy atom. The molecule has 0 radical (unpaired) electrons. The van der Waals surface area contributed by atoms with E-state index in [1.54, 1.807) is 24.3 Å². The average Bonchev–Trinajstić information content (AvgIpc) is 3.30. The lowest BCUT2D eigenvalue weighted by Gasteiger charge is -2.18. The zero-order valence-electron chi connectivity index (χ0n) is 13.4. The van der Waals surface area contributed by atoms with Crippen molar-refractivity contribution >= 4 is 11.8 Å². The lowest BCUT2D eigenvalue weighted by Crippen LogP contribution is -2.39. The Bertz CT molecular complexity index is 718. The van der Waals surface area contributed by atoms with Gasteiger partial charge in [0.25, 0.3) is 5.91 Å². The maximum absolute atomic E-state index is 13.0. The van der Waals surface area contributed by atoms with Gasteiger partial charge in [0.15, 0.2) is 5.76 Å². The molecule has 1 fully saturated rings. The van der Waals surface area contributed by atoms with E-state index in [4.69, 9.17) is 4.42 Å².